The number of aromatic amines is 1. The fourth-order valence-electron chi connectivity index (χ4n) is 2.98. The summed E-state index contributed by atoms with van der Waals surface area (Å²) < 4.78 is 32.4. The zero-order valence-corrected chi connectivity index (χ0v) is 17.0. The van der Waals surface area contributed by atoms with Gasteiger partial charge in [-0.25, -0.2) is 22.2 Å². The number of ether oxygens (including phenoxy) is 1. The van der Waals surface area contributed by atoms with E-state index in [2.05, 4.69) is 25.9 Å². The van der Waals surface area contributed by atoms with Crippen molar-refractivity contribution in [3.05, 3.63) is 71.1 Å². The van der Waals surface area contributed by atoms with E-state index in [0.29, 0.717) is 32.5 Å². The van der Waals surface area contributed by atoms with Crippen LogP contribution in [0.3, 0.4) is 0 Å². The van der Waals surface area contributed by atoms with Gasteiger partial charge in [0, 0.05) is 29.0 Å². The average Bonchev–Trinajstić information content (AvgIpc) is 3.32. The Morgan fingerprint density at radius 3 is 2.64 bits per heavy atom. The molecule has 0 bridgehead atoms. The molecule has 0 aliphatic carbocycles. The molecule has 0 unspecified atom stereocenters. The first kappa shape index (κ1) is 18.5. The van der Waals surface area contributed by atoms with Crippen molar-refractivity contribution >= 4 is 43.0 Å². The Kier molecular flexibility index (Phi) is 4.56. The smallest absolute Gasteiger partial charge is 0.340 e. The first-order valence-corrected chi connectivity index (χ1v) is 10.4. The third-order valence-corrected chi connectivity index (χ3v) is 6.63. The number of hydrogen-bond donors (Lipinski definition) is 1. The number of pyridine rings is 1. The van der Waals surface area contributed by atoms with Crippen LogP contribution in [0.2, 0.25) is 0 Å². The molecule has 4 rings (SSSR count). The number of benzene rings is 1. The highest BCUT2D eigenvalue weighted by molar-refractivity contribution is 9.10. The summed E-state index contributed by atoms with van der Waals surface area (Å²) in [5, 5.41) is 0.632. The molecule has 0 atom stereocenters. The molecule has 1 aromatic carbocycles. The number of carbonyl (C=O) groups is 1. The molecular formula is C19H14BrN3O4S. The van der Waals surface area contributed by atoms with Crippen molar-refractivity contribution in [2.24, 2.45) is 0 Å². The second-order valence-electron chi connectivity index (χ2n) is 5.93. The van der Waals surface area contributed by atoms with Gasteiger partial charge in [-0.2, -0.15) is 0 Å². The molecule has 0 aliphatic heterocycles. The topological polar surface area (TPSA) is 94.0 Å². The SMILES string of the molecule is COC(=O)c1cc(-c2ccnc3c2ccn3S(=O)(=O)c2ccccc2)[nH]c1Br. The van der Waals surface area contributed by atoms with E-state index in [1.165, 1.54) is 31.6 Å². The Balaban J connectivity index is 1.88. The number of esters is 1. The maximum absolute atomic E-state index is 13.0. The lowest BCUT2D eigenvalue weighted by molar-refractivity contribution is 0.0600. The van der Waals surface area contributed by atoms with Crippen molar-refractivity contribution < 1.29 is 17.9 Å². The highest BCUT2D eigenvalue weighted by Crippen LogP contribution is 2.32. The number of carbonyl (C=O) groups excluding carboxylic acids is 1. The number of hydrogen-bond acceptors (Lipinski definition) is 5. The summed E-state index contributed by atoms with van der Waals surface area (Å²) >= 11 is 3.31. The normalized spacial score (nSPS) is 11.6. The molecular weight excluding hydrogens is 446 g/mol. The highest BCUT2D eigenvalue weighted by Gasteiger charge is 2.22. The van der Waals surface area contributed by atoms with Crippen molar-refractivity contribution in [2.75, 3.05) is 7.11 Å². The first-order chi connectivity index (χ1) is 13.4. The zero-order valence-electron chi connectivity index (χ0n) is 14.6. The van der Waals surface area contributed by atoms with Gasteiger partial charge in [-0.1, -0.05) is 18.2 Å². The van der Waals surface area contributed by atoms with Crippen LogP contribution < -0.4 is 0 Å². The van der Waals surface area contributed by atoms with Gasteiger partial charge in [0.25, 0.3) is 10.0 Å². The zero-order chi connectivity index (χ0) is 19.9. The molecule has 0 aliphatic rings. The van der Waals surface area contributed by atoms with Crippen molar-refractivity contribution in [1.29, 1.82) is 0 Å². The number of aromatic nitrogens is 3. The number of halogens is 1. The van der Waals surface area contributed by atoms with Gasteiger partial charge < -0.3 is 9.72 Å². The molecule has 3 aromatic heterocycles. The minimum absolute atomic E-state index is 0.176. The van der Waals surface area contributed by atoms with Crippen molar-refractivity contribution in [3.8, 4) is 11.3 Å². The lowest BCUT2D eigenvalue weighted by atomic mass is 10.1. The molecule has 3 heterocycles. The van der Waals surface area contributed by atoms with Gasteiger partial charge >= 0.3 is 5.97 Å². The largest absolute Gasteiger partial charge is 0.465 e. The maximum Gasteiger partial charge on any atom is 0.340 e. The standard InChI is InChI=1S/C19H14BrN3O4S/c1-27-19(24)15-11-16(22-17(15)20)13-7-9-21-18-14(13)8-10-23(18)28(25,26)12-5-3-2-4-6-12/h2-11,22H,1H3. The minimum atomic E-state index is -3.78. The van der Waals surface area contributed by atoms with Crippen LogP contribution in [-0.4, -0.2) is 35.4 Å². The molecule has 0 amide bonds. The van der Waals surface area contributed by atoms with E-state index in [1.807, 2.05) is 0 Å². The molecule has 1 N–H and O–H groups in total. The van der Waals surface area contributed by atoms with E-state index in [1.54, 1.807) is 36.4 Å². The van der Waals surface area contributed by atoms with E-state index < -0.39 is 16.0 Å². The lowest BCUT2D eigenvalue weighted by Gasteiger charge is -2.07. The van der Waals surface area contributed by atoms with E-state index in [-0.39, 0.29) is 4.90 Å². The molecule has 4 aromatic rings. The van der Waals surface area contributed by atoms with Crippen LogP contribution in [0.15, 0.2) is 70.4 Å². The third kappa shape index (κ3) is 2.92. The predicted molar refractivity (Wildman–Crippen MR) is 108 cm³/mol. The highest BCUT2D eigenvalue weighted by atomic mass is 79.9. The predicted octanol–water partition coefficient (Wildman–Crippen LogP) is 3.82. The summed E-state index contributed by atoms with van der Waals surface area (Å²) in [6.45, 7) is 0. The number of nitrogens with zero attached hydrogens (tertiary/aromatic N) is 2. The second-order valence-corrected chi connectivity index (χ2v) is 8.54. The van der Waals surface area contributed by atoms with E-state index >= 15 is 0 Å². The second kappa shape index (κ2) is 6.92. The van der Waals surface area contributed by atoms with Crippen molar-refractivity contribution in [1.82, 2.24) is 13.9 Å². The molecule has 0 radical (unpaired) electrons. The first-order valence-electron chi connectivity index (χ1n) is 8.17. The van der Waals surface area contributed by atoms with Crippen LogP contribution in [-0.2, 0) is 14.8 Å². The molecule has 28 heavy (non-hydrogen) atoms. The van der Waals surface area contributed by atoms with Gasteiger partial charge in [0.05, 0.1) is 22.2 Å². The summed E-state index contributed by atoms with van der Waals surface area (Å²) in [5.74, 6) is -0.482. The summed E-state index contributed by atoms with van der Waals surface area (Å²) in [4.78, 5) is 19.4. The summed E-state index contributed by atoms with van der Waals surface area (Å²) in [5.41, 5.74) is 1.99. The minimum Gasteiger partial charge on any atom is -0.465 e. The number of rotatable bonds is 4. The van der Waals surface area contributed by atoms with Gasteiger partial charge in [-0.15, -0.1) is 0 Å². The Labute approximate surface area is 169 Å². The van der Waals surface area contributed by atoms with Crippen LogP contribution in [0.5, 0.6) is 0 Å². The molecule has 0 fully saturated rings. The van der Waals surface area contributed by atoms with Crippen LogP contribution in [0, 0.1) is 0 Å². The third-order valence-electron chi connectivity index (χ3n) is 4.32. The van der Waals surface area contributed by atoms with Crippen LogP contribution >= 0.6 is 15.9 Å². The van der Waals surface area contributed by atoms with Gasteiger partial charge in [0.15, 0.2) is 5.65 Å². The molecule has 9 heteroatoms. The van der Waals surface area contributed by atoms with E-state index in [9.17, 15) is 13.2 Å². The average molecular weight is 460 g/mol. The van der Waals surface area contributed by atoms with Crippen molar-refractivity contribution in [3.63, 3.8) is 0 Å². The monoisotopic (exact) mass is 459 g/mol. The van der Waals surface area contributed by atoms with Gasteiger partial charge in [0.2, 0.25) is 0 Å². The van der Waals surface area contributed by atoms with E-state index in [0.717, 1.165) is 3.97 Å². The number of nitrogens with one attached hydrogen (secondary N) is 1. The van der Waals surface area contributed by atoms with Crippen molar-refractivity contribution in [2.45, 2.75) is 4.90 Å². The molecule has 0 saturated carbocycles. The maximum atomic E-state index is 13.0. The van der Waals surface area contributed by atoms with E-state index in [4.69, 9.17) is 4.74 Å². The van der Waals surface area contributed by atoms with Gasteiger partial charge in [-0.05, 0) is 46.3 Å². The quantitative estimate of drug-likeness (QED) is 0.468. The summed E-state index contributed by atoms with van der Waals surface area (Å²) in [6, 6.07) is 13.3. The Bertz CT molecular complexity index is 1290. The molecule has 7 nitrogen and oxygen atoms in total. The number of methoxy groups -OCH3 is 1. The van der Waals surface area contributed by atoms with Gasteiger partial charge in [-0.3, -0.25) is 0 Å². The fourth-order valence-corrected chi connectivity index (χ4v) is 4.80. The molecule has 0 spiro atoms. The molecule has 142 valence electrons. The Morgan fingerprint density at radius 1 is 1.18 bits per heavy atom. The van der Waals surface area contributed by atoms with Crippen LogP contribution in [0.25, 0.3) is 22.3 Å². The van der Waals surface area contributed by atoms with Gasteiger partial charge in [0.1, 0.15) is 0 Å². The summed E-state index contributed by atoms with van der Waals surface area (Å²) in [7, 11) is -2.47. The Hall–Kier alpha value is -2.91. The number of fused-ring (bicyclic) bond motifs is 1. The van der Waals surface area contributed by atoms with Crippen LogP contribution in [0.4, 0.5) is 0 Å². The number of H-pyrrole nitrogens is 1. The Morgan fingerprint density at radius 2 is 1.93 bits per heavy atom. The van der Waals surface area contributed by atoms with Crippen LogP contribution in [0.1, 0.15) is 10.4 Å². The lowest BCUT2D eigenvalue weighted by Crippen LogP contribution is -2.12. The summed E-state index contributed by atoms with van der Waals surface area (Å²) in [6.07, 6.45) is 3.00. The molecule has 0 saturated heterocycles. The fraction of sp³-hybridized carbons (Fsp3) is 0.0526.